The smallest absolute Gasteiger partial charge is 0.270 e. The van der Waals surface area contributed by atoms with Gasteiger partial charge in [-0.25, -0.2) is 0 Å². The van der Waals surface area contributed by atoms with E-state index in [2.05, 4.69) is 15.6 Å². The van der Waals surface area contributed by atoms with Gasteiger partial charge in [-0.3, -0.25) is 14.6 Å². The number of anilines is 1. The van der Waals surface area contributed by atoms with Crippen LogP contribution in [0.25, 0.3) is 0 Å². The minimum atomic E-state index is -0.381. The van der Waals surface area contributed by atoms with Gasteiger partial charge in [-0.15, -0.1) is 0 Å². The summed E-state index contributed by atoms with van der Waals surface area (Å²) >= 11 is 0. The Morgan fingerprint density at radius 2 is 1.76 bits per heavy atom. The number of pyridine rings is 1. The average Bonchev–Trinajstić information content (AvgIpc) is 2.78. The molecule has 0 bridgehead atoms. The lowest BCUT2D eigenvalue weighted by Crippen LogP contribution is -2.24. The van der Waals surface area contributed by atoms with Gasteiger partial charge in [-0.1, -0.05) is 12.1 Å². The average molecular weight is 386 g/mol. The Bertz CT molecular complexity index is 1050. The summed E-state index contributed by atoms with van der Waals surface area (Å²) in [5.41, 5.74) is 2.41. The third-order valence-corrected chi connectivity index (χ3v) is 4.14. The summed E-state index contributed by atoms with van der Waals surface area (Å²) in [5, 5.41) is 14.3. The summed E-state index contributed by atoms with van der Waals surface area (Å²) in [5.74, 6) is -0.0159. The molecule has 0 aliphatic rings. The van der Waals surface area contributed by atoms with Gasteiger partial charge in [0.15, 0.2) is 0 Å². The molecule has 29 heavy (non-hydrogen) atoms. The molecule has 2 amide bonds. The molecule has 3 rings (SSSR count). The third kappa shape index (κ3) is 5.17. The van der Waals surface area contributed by atoms with Crippen LogP contribution in [0.15, 0.2) is 66.9 Å². The van der Waals surface area contributed by atoms with Gasteiger partial charge >= 0.3 is 0 Å². The van der Waals surface area contributed by atoms with E-state index in [-0.39, 0.29) is 17.5 Å². The van der Waals surface area contributed by atoms with Crippen LogP contribution in [0.2, 0.25) is 0 Å². The van der Waals surface area contributed by atoms with E-state index in [9.17, 15) is 9.59 Å². The van der Waals surface area contributed by atoms with Crippen molar-refractivity contribution in [3.8, 4) is 11.8 Å². The van der Waals surface area contributed by atoms with Gasteiger partial charge in [0.05, 0.1) is 18.7 Å². The van der Waals surface area contributed by atoms with E-state index in [1.54, 1.807) is 31.4 Å². The van der Waals surface area contributed by atoms with Crippen LogP contribution in [0.5, 0.6) is 5.75 Å². The van der Waals surface area contributed by atoms with Gasteiger partial charge in [0.2, 0.25) is 0 Å². The zero-order valence-electron chi connectivity index (χ0n) is 15.7. The summed E-state index contributed by atoms with van der Waals surface area (Å²) in [4.78, 5) is 28.9. The van der Waals surface area contributed by atoms with Crippen molar-refractivity contribution in [2.24, 2.45) is 0 Å². The van der Waals surface area contributed by atoms with E-state index >= 15 is 0 Å². The van der Waals surface area contributed by atoms with Crippen LogP contribution in [0.1, 0.15) is 32.0 Å². The Hall–Kier alpha value is -4.18. The van der Waals surface area contributed by atoms with E-state index in [4.69, 9.17) is 10.00 Å². The second-order valence-corrected chi connectivity index (χ2v) is 6.10. The quantitative estimate of drug-likeness (QED) is 0.677. The van der Waals surface area contributed by atoms with Crippen LogP contribution >= 0.6 is 0 Å². The molecule has 0 fully saturated rings. The van der Waals surface area contributed by atoms with Gasteiger partial charge in [-0.2, -0.15) is 5.26 Å². The molecule has 0 saturated heterocycles. The summed E-state index contributed by atoms with van der Waals surface area (Å²) in [6.07, 6.45) is 1.41. The van der Waals surface area contributed by atoms with E-state index in [1.165, 1.54) is 18.3 Å². The molecule has 1 aromatic heterocycles. The number of nitrogens with one attached hydrogen (secondary N) is 2. The second kappa shape index (κ2) is 9.15. The zero-order chi connectivity index (χ0) is 20.6. The van der Waals surface area contributed by atoms with Crippen molar-refractivity contribution in [1.82, 2.24) is 10.3 Å². The van der Waals surface area contributed by atoms with Gasteiger partial charge in [-0.05, 0) is 54.1 Å². The monoisotopic (exact) mass is 386 g/mol. The lowest BCUT2D eigenvalue weighted by Gasteiger charge is -2.08. The Labute approximate surface area is 168 Å². The Balaban J connectivity index is 1.63. The number of hydrogen-bond donors (Lipinski definition) is 2. The van der Waals surface area contributed by atoms with E-state index in [0.29, 0.717) is 23.4 Å². The van der Waals surface area contributed by atoms with Crippen LogP contribution in [0, 0.1) is 11.3 Å². The minimum absolute atomic E-state index is 0.144. The summed E-state index contributed by atoms with van der Waals surface area (Å²) in [6, 6.07) is 18.8. The standard InChI is InChI=1S/C22H18N4O3/c1-29-19-8-4-16(5-9-19)14-25-22(28)20-12-17(10-11-24-20)21(27)26-18-6-2-15(13-23)3-7-18/h2-12H,14H2,1H3,(H,25,28)(H,26,27). The Morgan fingerprint density at radius 1 is 1.03 bits per heavy atom. The van der Waals surface area contributed by atoms with Crippen LogP contribution in [0.3, 0.4) is 0 Å². The molecule has 144 valence electrons. The molecule has 3 aromatic rings. The lowest BCUT2D eigenvalue weighted by molar-refractivity contribution is 0.0946. The first-order valence-corrected chi connectivity index (χ1v) is 8.78. The fourth-order valence-corrected chi connectivity index (χ4v) is 2.54. The molecule has 0 spiro atoms. The number of carbonyl (C=O) groups is 2. The van der Waals surface area contributed by atoms with Crippen molar-refractivity contribution in [2.45, 2.75) is 6.54 Å². The van der Waals surface area contributed by atoms with E-state index in [1.807, 2.05) is 30.3 Å². The fraction of sp³-hybridized carbons (Fsp3) is 0.0909. The highest BCUT2D eigenvalue weighted by Crippen LogP contribution is 2.13. The first-order chi connectivity index (χ1) is 14.1. The van der Waals surface area contributed by atoms with Crippen LogP contribution in [-0.4, -0.2) is 23.9 Å². The number of nitrogens with zero attached hydrogens (tertiary/aromatic N) is 2. The molecular formula is C22H18N4O3. The zero-order valence-corrected chi connectivity index (χ0v) is 15.7. The predicted molar refractivity (Wildman–Crippen MR) is 108 cm³/mol. The molecular weight excluding hydrogens is 368 g/mol. The molecule has 7 nitrogen and oxygen atoms in total. The number of aromatic nitrogens is 1. The van der Waals surface area contributed by atoms with Crippen LogP contribution in [-0.2, 0) is 6.54 Å². The topological polar surface area (TPSA) is 104 Å². The number of benzene rings is 2. The molecule has 0 atom stereocenters. The number of amides is 2. The number of methoxy groups -OCH3 is 1. The molecule has 0 radical (unpaired) electrons. The maximum Gasteiger partial charge on any atom is 0.270 e. The van der Waals surface area contributed by atoms with Crippen molar-refractivity contribution in [3.05, 3.63) is 89.2 Å². The van der Waals surface area contributed by atoms with Crippen molar-refractivity contribution >= 4 is 17.5 Å². The second-order valence-electron chi connectivity index (χ2n) is 6.10. The first-order valence-electron chi connectivity index (χ1n) is 8.78. The fourth-order valence-electron chi connectivity index (χ4n) is 2.54. The minimum Gasteiger partial charge on any atom is -0.497 e. The lowest BCUT2D eigenvalue weighted by atomic mass is 10.1. The van der Waals surface area contributed by atoms with Crippen LogP contribution < -0.4 is 15.4 Å². The maximum atomic E-state index is 12.4. The molecule has 0 aliphatic heterocycles. The number of ether oxygens (including phenoxy) is 1. The maximum absolute atomic E-state index is 12.4. The normalized spacial score (nSPS) is 9.93. The SMILES string of the molecule is COc1ccc(CNC(=O)c2cc(C(=O)Nc3ccc(C#N)cc3)ccn2)cc1. The molecule has 2 N–H and O–H groups in total. The van der Waals surface area contributed by atoms with Gasteiger partial charge in [0.25, 0.3) is 11.8 Å². The largest absolute Gasteiger partial charge is 0.497 e. The summed E-state index contributed by atoms with van der Waals surface area (Å²) in [7, 11) is 1.59. The van der Waals surface area contributed by atoms with Crippen molar-refractivity contribution in [2.75, 3.05) is 12.4 Å². The van der Waals surface area contributed by atoms with Gasteiger partial charge < -0.3 is 15.4 Å². The van der Waals surface area contributed by atoms with Crippen LogP contribution in [0.4, 0.5) is 5.69 Å². The molecule has 0 saturated carbocycles. The first kappa shape index (κ1) is 19.6. The van der Waals surface area contributed by atoms with Gasteiger partial charge in [0.1, 0.15) is 11.4 Å². The van der Waals surface area contributed by atoms with Gasteiger partial charge in [0, 0.05) is 24.0 Å². The highest BCUT2D eigenvalue weighted by atomic mass is 16.5. The molecule has 1 heterocycles. The third-order valence-electron chi connectivity index (χ3n) is 4.14. The number of carbonyl (C=O) groups excluding carboxylic acids is 2. The Morgan fingerprint density at radius 3 is 2.41 bits per heavy atom. The molecule has 2 aromatic carbocycles. The summed E-state index contributed by atoms with van der Waals surface area (Å²) < 4.78 is 5.10. The number of rotatable bonds is 6. The molecule has 0 aliphatic carbocycles. The Kier molecular flexibility index (Phi) is 6.18. The highest BCUT2D eigenvalue weighted by Gasteiger charge is 2.12. The summed E-state index contributed by atoms with van der Waals surface area (Å²) in [6.45, 7) is 0.326. The number of hydrogen-bond acceptors (Lipinski definition) is 5. The van der Waals surface area contributed by atoms with E-state index in [0.717, 1.165) is 11.3 Å². The van der Waals surface area contributed by atoms with E-state index < -0.39 is 0 Å². The molecule has 0 unspecified atom stereocenters. The van der Waals surface area contributed by atoms with Crippen molar-refractivity contribution in [1.29, 1.82) is 5.26 Å². The predicted octanol–water partition coefficient (Wildman–Crippen LogP) is 3.14. The highest BCUT2D eigenvalue weighted by molar-refractivity contribution is 6.05. The molecule has 7 heteroatoms. The van der Waals surface area contributed by atoms with Crippen molar-refractivity contribution in [3.63, 3.8) is 0 Å². The number of nitriles is 1. The van der Waals surface area contributed by atoms with Crippen molar-refractivity contribution < 1.29 is 14.3 Å².